The van der Waals surface area contributed by atoms with Gasteiger partial charge in [-0.2, -0.15) is 0 Å². The average Bonchev–Trinajstić information content (AvgIpc) is 3.35. The molecule has 2 N–H and O–H groups in total. The summed E-state index contributed by atoms with van der Waals surface area (Å²) in [5.41, 5.74) is -1.15. The van der Waals surface area contributed by atoms with E-state index in [1.165, 1.54) is 28.3 Å². The van der Waals surface area contributed by atoms with Gasteiger partial charge < -0.3 is 43.4 Å². The van der Waals surface area contributed by atoms with E-state index in [1.54, 1.807) is 19.9 Å². The Bertz CT molecular complexity index is 1280. The number of rotatable bonds is 3. The monoisotopic (exact) mass is 530 g/mol. The maximum atomic E-state index is 13.5. The summed E-state index contributed by atoms with van der Waals surface area (Å²) >= 11 is 0. The third kappa shape index (κ3) is 3.72. The van der Waals surface area contributed by atoms with E-state index in [0.29, 0.717) is 57.6 Å². The van der Waals surface area contributed by atoms with Gasteiger partial charge in [0.05, 0.1) is 27.9 Å². The van der Waals surface area contributed by atoms with Gasteiger partial charge in [0.15, 0.2) is 34.7 Å². The highest BCUT2D eigenvalue weighted by Gasteiger charge is 2.50. The first-order valence-corrected chi connectivity index (χ1v) is 12.5. The van der Waals surface area contributed by atoms with Gasteiger partial charge in [0.25, 0.3) is 0 Å². The summed E-state index contributed by atoms with van der Waals surface area (Å²) in [6.45, 7) is 6.54. The lowest BCUT2D eigenvalue weighted by molar-refractivity contribution is -0.194. The van der Waals surface area contributed by atoms with Gasteiger partial charge >= 0.3 is 5.97 Å². The molecule has 0 aromatic heterocycles. The standard InChI is InChI=1S/C28H34O10/c1-13-8-15-9-18-22(37-12-36-18)24-19(15)20-16(10-17(32-5)21(33-6)23(20)34-7)25(27(13,3)30)38-26(29)28(4,31)14(2)11-35-24/h9-10,13-14,25,30-31H,8,11-12H2,1-7H3/t13?,14?,25?,27-,28+/m0/s1. The Morgan fingerprint density at radius 2 is 1.61 bits per heavy atom. The first-order chi connectivity index (χ1) is 18.0. The van der Waals surface area contributed by atoms with Crippen molar-refractivity contribution in [2.45, 2.75) is 51.4 Å². The highest BCUT2D eigenvalue weighted by atomic mass is 16.7. The minimum atomic E-state index is -1.92. The molecule has 3 unspecified atom stereocenters. The van der Waals surface area contributed by atoms with Gasteiger partial charge in [0.1, 0.15) is 5.60 Å². The zero-order valence-electron chi connectivity index (χ0n) is 22.7. The molecule has 10 nitrogen and oxygen atoms in total. The molecule has 3 aliphatic rings. The van der Waals surface area contributed by atoms with E-state index in [4.69, 9.17) is 33.2 Å². The number of fused-ring (bicyclic) bond motifs is 2. The molecule has 0 saturated heterocycles. The summed E-state index contributed by atoms with van der Waals surface area (Å²) in [4.78, 5) is 13.5. The normalized spacial score (nSPS) is 29.7. The molecule has 2 aromatic rings. The molecule has 0 spiro atoms. The van der Waals surface area contributed by atoms with E-state index in [9.17, 15) is 15.0 Å². The van der Waals surface area contributed by atoms with Crippen LogP contribution in [0.25, 0.3) is 11.1 Å². The van der Waals surface area contributed by atoms with E-state index < -0.39 is 35.1 Å². The Labute approximate surface area is 221 Å². The number of hydrogen-bond donors (Lipinski definition) is 2. The van der Waals surface area contributed by atoms with Crippen LogP contribution in [0, 0.1) is 11.8 Å². The van der Waals surface area contributed by atoms with Crippen molar-refractivity contribution in [1.82, 2.24) is 0 Å². The predicted octanol–water partition coefficient (Wildman–Crippen LogP) is 3.42. The maximum absolute atomic E-state index is 13.5. The fourth-order valence-corrected chi connectivity index (χ4v) is 5.37. The van der Waals surface area contributed by atoms with E-state index in [-0.39, 0.29) is 13.4 Å². The second-order valence-corrected chi connectivity index (χ2v) is 10.6. The smallest absolute Gasteiger partial charge is 0.338 e. The lowest BCUT2D eigenvalue weighted by Gasteiger charge is -2.41. The molecular formula is C28H34O10. The quantitative estimate of drug-likeness (QED) is 0.571. The molecule has 2 aliphatic heterocycles. The van der Waals surface area contributed by atoms with Crippen LogP contribution in [-0.2, 0) is 16.0 Å². The Morgan fingerprint density at radius 3 is 2.26 bits per heavy atom. The molecule has 0 amide bonds. The van der Waals surface area contributed by atoms with Crippen LogP contribution in [-0.4, -0.2) is 62.1 Å². The van der Waals surface area contributed by atoms with Gasteiger partial charge in [0.2, 0.25) is 18.3 Å². The molecule has 2 heterocycles. The summed E-state index contributed by atoms with van der Waals surface area (Å²) in [5, 5.41) is 23.3. The van der Waals surface area contributed by atoms with Crippen LogP contribution in [0.3, 0.4) is 0 Å². The van der Waals surface area contributed by atoms with Crippen LogP contribution in [0.2, 0.25) is 0 Å². The molecule has 5 atom stereocenters. The first kappa shape index (κ1) is 26.2. The fraction of sp³-hybridized carbons (Fsp3) is 0.536. The van der Waals surface area contributed by atoms with Crippen molar-refractivity contribution >= 4 is 5.97 Å². The lowest BCUT2D eigenvalue weighted by atomic mass is 9.73. The molecule has 206 valence electrons. The topological polar surface area (TPSA) is 122 Å². The zero-order valence-corrected chi connectivity index (χ0v) is 22.7. The number of esters is 1. The molecule has 2 aromatic carbocycles. The van der Waals surface area contributed by atoms with Gasteiger partial charge in [0, 0.05) is 22.6 Å². The largest absolute Gasteiger partial charge is 0.493 e. The number of aliphatic hydroxyl groups is 2. The molecule has 1 aliphatic carbocycles. The van der Waals surface area contributed by atoms with E-state index in [1.807, 2.05) is 13.0 Å². The Hall–Kier alpha value is -3.37. The van der Waals surface area contributed by atoms with Crippen LogP contribution in [0.4, 0.5) is 0 Å². The molecule has 2 bridgehead atoms. The van der Waals surface area contributed by atoms with Crippen LogP contribution in [0.5, 0.6) is 34.5 Å². The van der Waals surface area contributed by atoms with Crippen molar-refractivity contribution < 1.29 is 48.2 Å². The molecule has 5 rings (SSSR count). The number of benzene rings is 2. The van der Waals surface area contributed by atoms with Gasteiger partial charge in [-0.05, 0) is 43.9 Å². The number of carbonyl (C=O) groups is 1. The number of carbonyl (C=O) groups excluding carboxylic acids is 1. The van der Waals surface area contributed by atoms with Crippen LogP contribution < -0.4 is 28.4 Å². The van der Waals surface area contributed by atoms with Gasteiger partial charge in [-0.15, -0.1) is 0 Å². The summed E-state index contributed by atoms with van der Waals surface area (Å²) in [6, 6.07) is 3.54. The summed E-state index contributed by atoms with van der Waals surface area (Å²) in [7, 11) is 4.47. The van der Waals surface area contributed by atoms with Gasteiger partial charge in [-0.25, -0.2) is 4.79 Å². The minimum Gasteiger partial charge on any atom is -0.493 e. The molecule has 38 heavy (non-hydrogen) atoms. The van der Waals surface area contributed by atoms with E-state index >= 15 is 0 Å². The highest BCUT2D eigenvalue weighted by Crippen LogP contribution is 2.59. The van der Waals surface area contributed by atoms with Crippen molar-refractivity contribution in [3.63, 3.8) is 0 Å². The predicted molar refractivity (Wildman–Crippen MR) is 135 cm³/mol. The number of hydrogen-bond acceptors (Lipinski definition) is 10. The second kappa shape index (κ2) is 9.13. The van der Waals surface area contributed by atoms with Crippen molar-refractivity contribution in [2.75, 3.05) is 34.7 Å². The molecule has 10 heteroatoms. The van der Waals surface area contributed by atoms with E-state index in [2.05, 4.69) is 0 Å². The van der Waals surface area contributed by atoms with E-state index in [0.717, 1.165) is 5.56 Å². The molecule has 0 saturated carbocycles. The number of ether oxygens (including phenoxy) is 7. The van der Waals surface area contributed by atoms with Crippen molar-refractivity contribution in [3.8, 4) is 45.6 Å². The number of methoxy groups -OCH3 is 3. The Kier molecular flexibility index (Phi) is 6.30. The highest BCUT2D eigenvalue weighted by molar-refractivity contribution is 5.89. The summed E-state index contributed by atoms with van der Waals surface area (Å²) in [6.07, 6.45) is -0.830. The van der Waals surface area contributed by atoms with Crippen LogP contribution in [0.1, 0.15) is 44.9 Å². The third-order valence-electron chi connectivity index (χ3n) is 8.22. The lowest BCUT2D eigenvalue weighted by Crippen LogP contribution is -2.49. The van der Waals surface area contributed by atoms with Gasteiger partial charge in [-0.3, -0.25) is 0 Å². The van der Waals surface area contributed by atoms with Crippen molar-refractivity contribution in [1.29, 1.82) is 0 Å². The maximum Gasteiger partial charge on any atom is 0.338 e. The molecule has 0 radical (unpaired) electrons. The molecule has 0 fully saturated rings. The molecular weight excluding hydrogens is 496 g/mol. The van der Waals surface area contributed by atoms with Crippen LogP contribution >= 0.6 is 0 Å². The summed E-state index contributed by atoms with van der Waals surface area (Å²) < 4.78 is 41.2. The third-order valence-corrected chi connectivity index (χ3v) is 8.22. The minimum absolute atomic E-state index is 0.00920. The average molecular weight is 531 g/mol. The SMILES string of the molecule is COc1cc2c(c(OC)c1OC)-c1c3cc4c(c1OCC(C)[C@@](C)(O)C(=O)OC2[C@@](C)(O)C(C)C3)OCO4. The first-order valence-electron chi connectivity index (χ1n) is 12.5. The zero-order chi connectivity index (χ0) is 27.6. The Morgan fingerprint density at radius 1 is 0.895 bits per heavy atom. The van der Waals surface area contributed by atoms with Gasteiger partial charge in [-0.1, -0.05) is 13.8 Å². The van der Waals surface area contributed by atoms with Crippen molar-refractivity contribution in [2.24, 2.45) is 11.8 Å². The Balaban J connectivity index is 1.98. The van der Waals surface area contributed by atoms with Crippen LogP contribution in [0.15, 0.2) is 12.1 Å². The van der Waals surface area contributed by atoms with Crippen molar-refractivity contribution in [3.05, 3.63) is 23.3 Å². The summed E-state index contributed by atoms with van der Waals surface area (Å²) in [5.74, 6) is 0.241. The fourth-order valence-electron chi connectivity index (χ4n) is 5.37. The second-order valence-electron chi connectivity index (χ2n) is 10.6.